The van der Waals surface area contributed by atoms with Crippen LogP contribution in [0, 0.1) is 0 Å². The van der Waals surface area contributed by atoms with Gasteiger partial charge < -0.3 is 19.9 Å². The molecule has 0 amide bonds. The van der Waals surface area contributed by atoms with E-state index in [0.29, 0.717) is 19.8 Å². The van der Waals surface area contributed by atoms with Gasteiger partial charge in [-0.05, 0) is 38.0 Å². The van der Waals surface area contributed by atoms with Crippen LogP contribution in [-0.4, -0.2) is 31.0 Å². The molecule has 1 unspecified atom stereocenters. The molecule has 0 saturated heterocycles. The Morgan fingerprint density at radius 2 is 1.79 bits per heavy atom. The Hall–Kier alpha value is -1.26. The Bertz CT molecular complexity index is 364. The van der Waals surface area contributed by atoms with Crippen molar-refractivity contribution < 1.29 is 14.6 Å². The van der Waals surface area contributed by atoms with E-state index in [4.69, 9.17) is 14.6 Å². The molecule has 2 N–H and O–H groups in total. The Balaban J connectivity index is 2.71. The molecule has 0 saturated carbocycles. The highest BCUT2D eigenvalue weighted by Gasteiger charge is 2.08. The maximum absolute atomic E-state index is 9.15. The summed E-state index contributed by atoms with van der Waals surface area (Å²) in [4.78, 5) is 0. The first-order valence-corrected chi connectivity index (χ1v) is 6.97. The Labute approximate surface area is 115 Å². The Morgan fingerprint density at radius 1 is 1.11 bits per heavy atom. The molecule has 0 bridgehead atoms. The molecule has 1 aromatic rings. The average Bonchev–Trinajstić information content (AvgIpc) is 2.43. The largest absolute Gasteiger partial charge is 0.490 e. The lowest BCUT2D eigenvalue weighted by atomic mass is 10.1. The van der Waals surface area contributed by atoms with Crippen molar-refractivity contribution in [2.75, 3.05) is 19.8 Å². The number of rotatable bonds is 9. The second kappa shape index (κ2) is 8.77. The molecule has 108 valence electrons. The summed E-state index contributed by atoms with van der Waals surface area (Å²) >= 11 is 0. The van der Waals surface area contributed by atoms with Crippen LogP contribution in [0.4, 0.5) is 0 Å². The lowest BCUT2D eigenvalue weighted by molar-refractivity contribution is 0.238. The lowest BCUT2D eigenvalue weighted by Crippen LogP contribution is -2.31. The molecule has 1 rings (SSSR count). The highest BCUT2D eigenvalue weighted by Crippen LogP contribution is 2.28. The zero-order valence-corrected chi connectivity index (χ0v) is 12.1. The minimum atomic E-state index is 0.141. The van der Waals surface area contributed by atoms with Gasteiger partial charge in [0, 0.05) is 12.6 Å². The number of hydrogen-bond donors (Lipinski definition) is 2. The van der Waals surface area contributed by atoms with Gasteiger partial charge in [0.25, 0.3) is 0 Å². The minimum Gasteiger partial charge on any atom is -0.490 e. The van der Waals surface area contributed by atoms with E-state index in [1.807, 2.05) is 32.0 Å². The molecule has 1 aromatic carbocycles. The fraction of sp³-hybridized carbons (Fsp3) is 0.600. The second-order valence-corrected chi connectivity index (χ2v) is 4.32. The summed E-state index contributed by atoms with van der Waals surface area (Å²) in [6, 6.07) is 6.09. The predicted molar refractivity (Wildman–Crippen MR) is 76.8 cm³/mol. The number of benzene rings is 1. The molecule has 0 aromatic heterocycles. The van der Waals surface area contributed by atoms with E-state index in [1.165, 1.54) is 0 Å². The first kappa shape index (κ1) is 15.8. The van der Waals surface area contributed by atoms with Crippen molar-refractivity contribution in [1.29, 1.82) is 0 Å². The SMILES string of the molecule is CCOc1ccc(CNC(CC)CO)cc1OCC. The maximum atomic E-state index is 9.15. The van der Waals surface area contributed by atoms with Gasteiger partial charge in [0.05, 0.1) is 19.8 Å². The van der Waals surface area contributed by atoms with Crippen molar-refractivity contribution in [1.82, 2.24) is 5.32 Å². The van der Waals surface area contributed by atoms with Crippen LogP contribution in [-0.2, 0) is 6.54 Å². The summed E-state index contributed by atoms with van der Waals surface area (Å²) in [5, 5.41) is 12.5. The second-order valence-electron chi connectivity index (χ2n) is 4.32. The molecule has 0 radical (unpaired) electrons. The summed E-state index contributed by atoms with van der Waals surface area (Å²) < 4.78 is 11.1. The molecule has 0 fully saturated rings. The zero-order chi connectivity index (χ0) is 14.1. The third kappa shape index (κ3) is 5.09. The predicted octanol–water partition coefficient (Wildman–Crippen LogP) is 2.34. The summed E-state index contributed by atoms with van der Waals surface area (Å²) in [5.41, 5.74) is 1.12. The number of aliphatic hydroxyl groups excluding tert-OH is 1. The van der Waals surface area contributed by atoms with Gasteiger partial charge in [0.1, 0.15) is 0 Å². The van der Waals surface area contributed by atoms with E-state index in [9.17, 15) is 0 Å². The van der Waals surface area contributed by atoms with Crippen molar-refractivity contribution in [3.05, 3.63) is 23.8 Å². The number of ether oxygens (including phenoxy) is 2. The van der Waals surface area contributed by atoms with E-state index >= 15 is 0 Å². The van der Waals surface area contributed by atoms with Crippen LogP contribution in [0.25, 0.3) is 0 Å². The van der Waals surface area contributed by atoms with Gasteiger partial charge in [-0.3, -0.25) is 0 Å². The molecule has 0 aliphatic heterocycles. The van der Waals surface area contributed by atoms with E-state index < -0.39 is 0 Å². The van der Waals surface area contributed by atoms with E-state index in [-0.39, 0.29) is 12.6 Å². The number of aliphatic hydroxyl groups is 1. The van der Waals surface area contributed by atoms with Gasteiger partial charge in [-0.1, -0.05) is 13.0 Å². The van der Waals surface area contributed by atoms with E-state index in [0.717, 1.165) is 23.5 Å². The van der Waals surface area contributed by atoms with Gasteiger partial charge in [0.15, 0.2) is 11.5 Å². The highest BCUT2D eigenvalue weighted by atomic mass is 16.5. The first-order chi connectivity index (χ1) is 9.24. The molecular weight excluding hydrogens is 242 g/mol. The Kier molecular flexibility index (Phi) is 7.30. The normalized spacial score (nSPS) is 12.2. The van der Waals surface area contributed by atoms with Crippen molar-refractivity contribution in [2.45, 2.75) is 39.8 Å². The number of nitrogens with one attached hydrogen (secondary N) is 1. The fourth-order valence-electron chi connectivity index (χ4n) is 1.81. The molecule has 0 spiro atoms. The molecule has 1 atom stereocenters. The Morgan fingerprint density at radius 3 is 2.37 bits per heavy atom. The topological polar surface area (TPSA) is 50.7 Å². The molecule has 4 heteroatoms. The summed E-state index contributed by atoms with van der Waals surface area (Å²) in [6.07, 6.45) is 0.909. The third-order valence-electron chi connectivity index (χ3n) is 2.92. The third-order valence-corrected chi connectivity index (χ3v) is 2.92. The minimum absolute atomic E-state index is 0.141. The summed E-state index contributed by atoms with van der Waals surface area (Å²) in [7, 11) is 0. The quantitative estimate of drug-likeness (QED) is 0.721. The lowest BCUT2D eigenvalue weighted by Gasteiger charge is -2.16. The van der Waals surface area contributed by atoms with Crippen molar-refractivity contribution >= 4 is 0 Å². The van der Waals surface area contributed by atoms with Gasteiger partial charge in [-0.15, -0.1) is 0 Å². The molecule has 0 aliphatic carbocycles. The van der Waals surface area contributed by atoms with Crippen LogP contribution in [0.2, 0.25) is 0 Å². The van der Waals surface area contributed by atoms with Gasteiger partial charge >= 0.3 is 0 Å². The van der Waals surface area contributed by atoms with Gasteiger partial charge in [0.2, 0.25) is 0 Å². The monoisotopic (exact) mass is 267 g/mol. The van der Waals surface area contributed by atoms with Crippen LogP contribution >= 0.6 is 0 Å². The van der Waals surface area contributed by atoms with Crippen LogP contribution < -0.4 is 14.8 Å². The smallest absolute Gasteiger partial charge is 0.161 e. The van der Waals surface area contributed by atoms with E-state index in [1.54, 1.807) is 0 Å². The molecule has 19 heavy (non-hydrogen) atoms. The van der Waals surface area contributed by atoms with Crippen molar-refractivity contribution in [2.24, 2.45) is 0 Å². The van der Waals surface area contributed by atoms with Crippen molar-refractivity contribution in [3.63, 3.8) is 0 Å². The molecular formula is C15H25NO3. The number of hydrogen-bond acceptors (Lipinski definition) is 4. The summed E-state index contributed by atoms with van der Waals surface area (Å²) in [6.45, 7) is 8.08. The standard InChI is InChI=1S/C15H25NO3/c1-4-13(11-17)16-10-12-7-8-14(18-5-2)15(9-12)19-6-3/h7-9,13,16-17H,4-6,10-11H2,1-3H3. The van der Waals surface area contributed by atoms with E-state index in [2.05, 4.69) is 12.2 Å². The highest BCUT2D eigenvalue weighted by molar-refractivity contribution is 5.43. The molecule has 0 aliphatic rings. The van der Waals surface area contributed by atoms with Gasteiger partial charge in [-0.25, -0.2) is 0 Å². The summed E-state index contributed by atoms with van der Waals surface area (Å²) in [5.74, 6) is 1.56. The van der Waals surface area contributed by atoms with Crippen LogP contribution in [0.3, 0.4) is 0 Å². The molecule has 4 nitrogen and oxygen atoms in total. The van der Waals surface area contributed by atoms with Crippen molar-refractivity contribution in [3.8, 4) is 11.5 Å². The molecule has 0 heterocycles. The maximum Gasteiger partial charge on any atom is 0.161 e. The van der Waals surface area contributed by atoms with Crippen LogP contribution in [0.1, 0.15) is 32.8 Å². The van der Waals surface area contributed by atoms with Crippen LogP contribution in [0.5, 0.6) is 11.5 Å². The first-order valence-electron chi connectivity index (χ1n) is 6.97. The van der Waals surface area contributed by atoms with Gasteiger partial charge in [-0.2, -0.15) is 0 Å². The van der Waals surface area contributed by atoms with Crippen LogP contribution in [0.15, 0.2) is 18.2 Å². The fourth-order valence-corrected chi connectivity index (χ4v) is 1.81. The zero-order valence-electron chi connectivity index (χ0n) is 12.1. The average molecular weight is 267 g/mol.